The van der Waals surface area contributed by atoms with Crippen LogP contribution in [0.25, 0.3) is 0 Å². The molecule has 0 atom stereocenters. The van der Waals surface area contributed by atoms with Crippen LogP contribution in [0, 0.1) is 0 Å². The molecule has 0 spiro atoms. The standard InChI is InChI=1S/C21H27NO3/c1-3-5-6-14-25-19-11-8-18(9-12-19)22-16-17-7-10-20(15-21(17)23)24-13-4-2/h7-12,15-16,23H,3-6,13-14H2,1-2H3. The monoisotopic (exact) mass is 341 g/mol. The molecule has 2 aromatic rings. The van der Waals surface area contributed by atoms with E-state index in [0.717, 1.165) is 30.9 Å². The minimum absolute atomic E-state index is 0.160. The summed E-state index contributed by atoms with van der Waals surface area (Å²) >= 11 is 0. The van der Waals surface area contributed by atoms with Gasteiger partial charge >= 0.3 is 0 Å². The summed E-state index contributed by atoms with van der Waals surface area (Å²) in [7, 11) is 0. The van der Waals surface area contributed by atoms with Gasteiger partial charge in [0, 0.05) is 17.8 Å². The van der Waals surface area contributed by atoms with Crippen LogP contribution in [0.4, 0.5) is 5.69 Å². The molecule has 2 aromatic carbocycles. The molecule has 2 rings (SSSR count). The first-order valence-electron chi connectivity index (χ1n) is 8.95. The molecule has 4 nitrogen and oxygen atoms in total. The molecule has 0 aliphatic heterocycles. The number of rotatable bonds is 10. The van der Waals surface area contributed by atoms with Crippen LogP contribution in [-0.4, -0.2) is 24.5 Å². The SMILES string of the molecule is CCCCCOc1ccc(N=Cc2ccc(OCCC)cc2O)cc1. The van der Waals surface area contributed by atoms with E-state index in [1.165, 1.54) is 12.8 Å². The van der Waals surface area contributed by atoms with Gasteiger partial charge in [-0.05, 0) is 49.2 Å². The van der Waals surface area contributed by atoms with Crippen molar-refractivity contribution >= 4 is 11.9 Å². The van der Waals surface area contributed by atoms with Crippen molar-refractivity contribution in [2.24, 2.45) is 4.99 Å². The lowest BCUT2D eigenvalue weighted by atomic mass is 10.2. The third-order valence-corrected chi connectivity index (χ3v) is 3.68. The molecular formula is C21H27NO3. The van der Waals surface area contributed by atoms with Gasteiger partial charge in [0.2, 0.25) is 0 Å². The highest BCUT2D eigenvalue weighted by atomic mass is 16.5. The van der Waals surface area contributed by atoms with Crippen LogP contribution < -0.4 is 9.47 Å². The molecule has 0 unspecified atom stereocenters. The Labute approximate surface area is 150 Å². The molecule has 25 heavy (non-hydrogen) atoms. The Kier molecular flexibility index (Phi) is 7.83. The molecular weight excluding hydrogens is 314 g/mol. The number of phenolic OH excluding ortho intramolecular Hbond substituents is 1. The summed E-state index contributed by atoms with van der Waals surface area (Å²) in [5.41, 5.74) is 1.47. The first-order chi connectivity index (χ1) is 12.2. The summed E-state index contributed by atoms with van der Waals surface area (Å²) in [6, 6.07) is 12.9. The third-order valence-electron chi connectivity index (χ3n) is 3.68. The van der Waals surface area contributed by atoms with E-state index in [-0.39, 0.29) is 5.75 Å². The maximum absolute atomic E-state index is 10.1. The maximum atomic E-state index is 10.1. The fourth-order valence-corrected chi connectivity index (χ4v) is 2.26. The van der Waals surface area contributed by atoms with Gasteiger partial charge in [-0.15, -0.1) is 0 Å². The Morgan fingerprint density at radius 1 is 0.880 bits per heavy atom. The summed E-state index contributed by atoms with van der Waals surface area (Å²) in [6.45, 7) is 5.61. The first-order valence-corrected chi connectivity index (χ1v) is 8.95. The number of hydrogen-bond donors (Lipinski definition) is 1. The summed E-state index contributed by atoms with van der Waals surface area (Å²) < 4.78 is 11.2. The highest BCUT2D eigenvalue weighted by molar-refractivity contribution is 5.85. The zero-order valence-electron chi connectivity index (χ0n) is 15.1. The van der Waals surface area contributed by atoms with Crippen LogP contribution in [0.3, 0.4) is 0 Å². The largest absolute Gasteiger partial charge is 0.507 e. The molecule has 0 heterocycles. The average Bonchev–Trinajstić information content (AvgIpc) is 2.64. The molecule has 0 aromatic heterocycles. The predicted molar refractivity (Wildman–Crippen MR) is 103 cm³/mol. The van der Waals surface area contributed by atoms with Gasteiger partial charge in [0.15, 0.2) is 0 Å². The number of phenols is 1. The van der Waals surface area contributed by atoms with Crippen molar-refractivity contribution in [3.63, 3.8) is 0 Å². The second kappa shape index (κ2) is 10.4. The highest BCUT2D eigenvalue weighted by Gasteiger charge is 2.01. The molecule has 0 bridgehead atoms. The summed E-state index contributed by atoms with van der Waals surface area (Å²) in [6.07, 6.45) is 6.04. The number of aliphatic imine (C=N–C) groups is 1. The van der Waals surface area contributed by atoms with Crippen LogP contribution in [0.15, 0.2) is 47.5 Å². The van der Waals surface area contributed by atoms with Gasteiger partial charge in [-0.25, -0.2) is 0 Å². The summed E-state index contributed by atoms with van der Waals surface area (Å²) in [4.78, 5) is 4.40. The highest BCUT2D eigenvalue weighted by Crippen LogP contribution is 2.24. The number of ether oxygens (including phenoxy) is 2. The predicted octanol–water partition coefficient (Wildman–Crippen LogP) is 5.50. The number of unbranched alkanes of at least 4 members (excludes halogenated alkanes) is 2. The lowest BCUT2D eigenvalue weighted by Crippen LogP contribution is -1.96. The zero-order chi connectivity index (χ0) is 17.9. The number of nitrogens with zero attached hydrogens (tertiary/aromatic N) is 1. The van der Waals surface area contributed by atoms with Crippen molar-refractivity contribution < 1.29 is 14.6 Å². The molecule has 4 heteroatoms. The minimum Gasteiger partial charge on any atom is -0.507 e. The Balaban J connectivity index is 1.92. The van der Waals surface area contributed by atoms with Gasteiger partial charge in [0.05, 0.1) is 18.9 Å². The zero-order valence-corrected chi connectivity index (χ0v) is 15.1. The Morgan fingerprint density at radius 2 is 1.60 bits per heavy atom. The lowest BCUT2D eigenvalue weighted by molar-refractivity contribution is 0.306. The number of hydrogen-bond acceptors (Lipinski definition) is 4. The molecule has 0 fully saturated rings. The molecule has 0 aliphatic carbocycles. The van der Waals surface area contributed by atoms with Crippen LogP contribution in [0.1, 0.15) is 45.1 Å². The van der Waals surface area contributed by atoms with Gasteiger partial charge in [-0.3, -0.25) is 4.99 Å². The molecule has 0 saturated heterocycles. The Morgan fingerprint density at radius 3 is 2.28 bits per heavy atom. The normalized spacial score (nSPS) is 11.0. The fourth-order valence-electron chi connectivity index (χ4n) is 2.26. The van der Waals surface area contributed by atoms with Crippen LogP contribution in [0.5, 0.6) is 17.2 Å². The van der Waals surface area contributed by atoms with E-state index < -0.39 is 0 Å². The smallest absolute Gasteiger partial charge is 0.128 e. The molecule has 0 amide bonds. The minimum atomic E-state index is 0.160. The van der Waals surface area contributed by atoms with Crippen molar-refractivity contribution in [3.05, 3.63) is 48.0 Å². The van der Waals surface area contributed by atoms with E-state index >= 15 is 0 Å². The van der Waals surface area contributed by atoms with Crippen molar-refractivity contribution in [2.75, 3.05) is 13.2 Å². The summed E-state index contributed by atoms with van der Waals surface area (Å²) in [5, 5.41) is 10.1. The van der Waals surface area contributed by atoms with Gasteiger partial charge in [0.25, 0.3) is 0 Å². The van der Waals surface area contributed by atoms with E-state index in [1.807, 2.05) is 37.3 Å². The van der Waals surface area contributed by atoms with Gasteiger partial charge in [-0.2, -0.15) is 0 Å². The van der Waals surface area contributed by atoms with Gasteiger partial charge in [-0.1, -0.05) is 26.7 Å². The molecule has 0 radical (unpaired) electrons. The third kappa shape index (κ3) is 6.49. The van der Waals surface area contributed by atoms with Crippen LogP contribution in [0.2, 0.25) is 0 Å². The topological polar surface area (TPSA) is 51.0 Å². The van der Waals surface area contributed by atoms with Crippen LogP contribution in [-0.2, 0) is 0 Å². The van der Waals surface area contributed by atoms with Gasteiger partial charge in [0.1, 0.15) is 17.2 Å². The lowest BCUT2D eigenvalue weighted by Gasteiger charge is -2.06. The van der Waals surface area contributed by atoms with Crippen molar-refractivity contribution in [1.29, 1.82) is 0 Å². The number of benzene rings is 2. The quantitative estimate of drug-likeness (QED) is 0.458. The fraction of sp³-hybridized carbons (Fsp3) is 0.381. The molecule has 0 aliphatic rings. The van der Waals surface area contributed by atoms with Crippen LogP contribution >= 0.6 is 0 Å². The van der Waals surface area contributed by atoms with Crippen molar-refractivity contribution in [3.8, 4) is 17.2 Å². The van der Waals surface area contributed by atoms with Crippen molar-refractivity contribution in [1.82, 2.24) is 0 Å². The van der Waals surface area contributed by atoms with Gasteiger partial charge < -0.3 is 14.6 Å². The van der Waals surface area contributed by atoms with Crippen molar-refractivity contribution in [2.45, 2.75) is 39.5 Å². The summed E-state index contributed by atoms with van der Waals surface area (Å²) in [5.74, 6) is 1.68. The number of aromatic hydroxyl groups is 1. The Hall–Kier alpha value is -2.49. The average molecular weight is 341 g/mol. The first kappa shape index (κ1) is 18.8. The Bertz CT molecular complexity index is 665. The maximum Gasteiger partial charge on any atom is 0.128 e. The van der Waals surface area contributed by atoms with E-state index in [2.05, 4.69) is 11.9 Å². The second-order valence-corrected chi connectivity index (χ2v) is 5.88. The molecule has 134 valence electrons. The second-order valence-electron chi connectivity index (χ2n) is 5.88. The van der Waals surface area contributed by atoms with E-state index in [4.69, 9.17) is 9.47 Å². The van der Waals surface area contributed by atoms with E-state index in [0.29, 0.717) is 17.9 Å². The van der Waals surface area contributed by atoms with E-state index in [9.17, 15) is 5.11 Å². The van der Waals surface area contributed by atoms with E-state index in [1.54, 1.807) is 18.3 Å². The molecule has 0 saturated carbocycles. The molecule has 1 N–H and O–H groups in total.